The van der Waals surface area contributed by atoms with Gasteiger partial charge in [-0.25, -0.2) is 9.13 Å². The van der Waals surface area contributed by atoms with E-state index in [1.54, 1.807) is 0 Å². The van der Waals surface area contributed by atoms with Crippen LogP contribution in [0.25, 0.3) is 0 Å². The lowest BCUT2D eigenvalue weighted by Gasteiger charge is -2.21. The Morgan fingerprint density at radius 2 is 0.596 bits per heavy atom. The molecule has 0 rings (SSSR count). The van der Waals surface area contributed by atoms with Gasteiger partial charge in [0, 0.05) is 25.7 Å². The van der Waals surface area contributed by atoms with Gasteiger partial charge in [0.2, 0.25) is 0 Å². The van der Waals surface area contributed by atoms with Gasteiger partial charge in [0.05, 0.1) is 26.4 Å². The van der Waals surface area contributed by atoms with E-state index in [1.165, 1.54) is 173 Å². The molecule has 17 nitrogen and oxygen atoms in total. The second-order valence-electron chi connectivity index (χ2n) is 29.3. The highest BCUT2D eigenvalue weighted by Crippen LogP contribution is 2.45. The molecule has 0 heterocycles. The Hall–Kier alpha value is -2.46. The summed E-state index contributed by atoms with van der Waals surface area (Å²) in [5.41, 5.74) is 0. The van der Waals surface area contributed by atoms with Gasteiger partial charge in [-0.2, -0.15) is 0 Å². The number of allylic oxidation sites excluding steroid dienone is 4. The average molecular weight is 1450 g/mol. The van der Waals surface area contributed by atoms with Crippen molar-refractivity contribution in [1.29, 1.82) is 0 Å². The van der Waals surface area contributed by atoms with Crippen molar-refractivity contribution in [3.05, 3.63) is 24.3 Å². The van der Waals surface area contributed by atoms with Crippen LogP contribution < -0.4 is 0 Å². The molecule has 0 aliphatic heterocycles. The largest absolute Gasteiger partial charge is 0.472 e. The molecule has 0 aromatic carbocycles. The van der Waals surface area contributed by atoms with Crippen LogP contribution in [0.4, 0.5) is 0 Å². The number of carbonyl (C=O) groups is 4. The number of unbranched alkanes of at least 4 members (excludes halogenated alkanes) is 40. The molecule has 6 atom stereocenters. The Balaban J connectivity index is 5.23. The minimum atomic E-state index is -4.97. The number of rotatable bonds is 76. The number of phosphoric acid groups is 2. The van der Waals surface area contributed by atoms with Gasteiger partial charge in [0.25, 0.3) is 0 Å². The minimum absolute atomic E-state index is 0.101. The van der Waals surface area contributed by atoms with Gasteiger partial charge < -0.3 is 33.8 Å². The predicted molar refractivity (Wildman–Crippen MR) is 404 cm³/mol. The number of ether oxygens (including phenoxy) is 4. The molecule has 0 bridgehead atoms. The van der Waals surface area contributed by atoms with E-state index in [-0.39, 0.29) is 25.7 Å². The SMILES string of the molecule is CCCCCC/C=C\C=C/CCCCCCCC(=O)OC[C@H](COP(=O)(O)OC[C@@H](O)COP(=O)(O)OC[C@@H](COC(=O)CCCCCCCCC(C)C)OC(=O)CCCCCCCCCCCCC(C)C)OC(=O)CCCCCCCCCCCCCCCCCCCCC(C)CC. The molecule has 0 saturated heterocycles. The maximum absolute atomic E-state index is 13.1. The van der Waals surface area contributed by atoms with Gasteiger partial charge in [-0.05, 0) is 69.1 Å². The van der Waals surface area contributed by atoms with Crippen LogP contribution in [0.5, 0.6) is 0 Å². The number of aliphatic hydroxyl groups excluding tert-OH is 1. The second kappa shape index (κ2) is 69.9. The van der Waals surface area contributed by atoms with E-state index in [4.69, 9.17) is 37.0 Å². The lowest BCUT2D eigenvalue weighted by atomic mass is 9.99. The van der Waals surface area contributed by atoms with Crippen molar-refractivity contribution in [3.8, 4) is 0 Å². The fourth-order valence-corrected chi connectivity index (χ4v) is 13.3. The third-order valence-corrected chi connectivity index (χ3v) is 20.3. The highest BCUT2D eigenvalue weighted by Gasteiger charge is 2.30. The molecule has 0 saturated carbocycles. The van der Waals surface area contributed by atoms with E-state index in [9.17, 15) is 43.2 Å². The summed E-state index contributed by atoms with van der Waals surface area (Å²) in [4.78, 5) is 72.9. The summed E-state index contributed by atoms with van der Waals surface area (Å²) in [6.45, 7) is 11.8. The van der Waals surface area contributed by atoms with Gasteiger partial charge >= 0.3 is 39.5 Å². The monoisotopic (exact) mass is 1450 g/mol. The van der Waals surface area contributed by atoms with E-state index in [0.717, 1.165) is 127 Å². The molecule has 3 unspecified atom stereocenters. The van der Waals surface area contributed by atoms with Gasteiger partial charge in [-0.3, -0.25) is 37.3 Å². The Morgan fingerprint density at radius 3 is 0.899 bits per heavy atom. The third-order valence-electron chi connectivity index (χ3n) is 18.4. The minimum Gasteiger partial charge on any atom is -0.462 e. The first-order valence-electron chi connectivity index (χ1n) is 40.7. The van der Waals surface area contributed by atoms with Crippen LogP contribution in [0, 0.1) is 17.8 Å². The summed E-state index contributed by atoms with van der Waals surface area (Å²) in [6.07, 6.45) is 60.7. The normalized spacial score (nSPS) is 14.4. The van der Waals surface area contributed by atoms with Crippen LogP contribution in [0.15, 0.2) is 24.3 Å². The number of phosphoric ester groups is 2. The quantitative estimate of drug-likeness (QED) is 0.0169. The van der Waals surface area contributed by atoms with Gasteiger partial charge in [0.15, 0.2) is 12.2 Å². The summed E-state index contributed by atoms with van der Waals surface area (Å²) in [6, 6.07) is 0. The maximum Gasteiger partial charge on any atom is 0.472 e. The van der Waals surface area contributed by atoms with Gasteiger partial charge in [0.1, 0.15) is 19.3 Å². The highest BCUT2D eigenvalue weighted by atomic mass is 31.2. The smallest absolute Gasteiger partial charge is 0.462 e. The second-order valence-corrected chi connectivity index (χ2v) is 32.2. The van der Waals surface area contributed by atoms with Crippen molar-refractivity contribution in [2.24, 2.45) is 17.8 Å². The Morgan fingerprint density at radius 1 is 0.333 bits per heavy atom. The zero-order chi connectivity index (χ0) is 73.0. The summed E-state index contributed by atoms with van der Waals surface area (Å²) >= 11 is 0. The van der Waals surface area contributed by atoms with Gasteiger partial charge in [-0.15, -0.1) is 0 Å². The first-order valence-corrected chi connectivity index (χ1v) is 43.7. The fourth-order valence-electron chi connectivity index (χ4n) is 11.7. The zero-order valence-corrected chi connectivity index (χ0v) is 66.2. The van der Waals surface area contributed by atoms with Crippen LogP contribution in [0.1, 0.15) is 389 Å². The maximum atomic E-state index is 13.1. The lowest BCUT2D eigenvalue weighted by Crippen LogP contribution is -2.30. The molecule has 0 aromatic rings. The molecule has 0 aliphatic carbocycles. The molecular formula is C80H152O17P2. The van der Waals surface area contributed by atoms with Crippen molar-refractivity contribution in [1.82, 2.24) is 0 Å². The third kappa shape index (κ3) is 72.3. The summed E-state index contributed by atoms with van der Waals surface area (Å²) in [5.74, 6) is 0.151. The fraction of sp³-hybridized carbons (Fsp3) is 0.900. The first kappa shape index (κ1) is 96.5. The molecule has 0 spiro atoms. The van der Waals surface area contributed by atoms with E-state index in [1.807, 2.05) is 0 Å². The highest BCUT2D eigenvalue weighted by molar-refractivity contribution is 7.47. The predicted octanol–water partition coefficient (Wildman–Crippen LogP) is 23.3. The van der Waals surface area contributed by atoms with Crippen molar-refractivity contribution in [2.45, 2.75) is 407 Å². The standard InChI is InChI=1S/C80H152O17P2/c1-8-10-11-12-13-14-15-16-21-25-28-34-39-47-54-61-77(82)90-67-75(96-79(84)63-56-49-40-35-29-26-23-20-18-17-19-22-24-27-33-38-46-53-60-73(7)9-2)69-94-98(86,87)92-65-74(81)66-93-99(88,89)95-70-76(68-91-78(83)62-55-48-43-42-45-52-59-72(5)6)97-80(85)64-57-50-41-36-31-30-32-37-44-51-58-71(3)4/h14-16,21,71-76,81H,8-13,17-20,22-70H2,1-7H3,(H,86,87)(H,88,89)/b15-14-,21-16-/t73?,74-,75-,76-/m1/s1. The molecule has 3 N–H and O–H groups in total. The Kier molecular flexibility index (Phi) is 68.1. The van der Waals surface area contributed by atoms with Gasteiger partial charge in [-0.1, -0.05) is 336 Å². The number of esters is 4. The average Bonchev–Trinajstić information content (AvgIpc) is 1.03. The van der Waals surface area contributed by atoms with Crippen molar-refractivity contribution in [2.75, 3.05) is 39.6 Å². The van der Waals surface area contributed by atoms with E-state index in [0.29, 0.717) is 31.6 Å². The molecule has 584 valence electrons. The molecule has 0 aromatic heterocycles. The van der Waals surface area contributed by atoms with Crippen molar-refractivity contribution >= 4 is 39.5 Å². The number of hydrogen-bond donors (Lipinski definition) is 3. The molecule has 0 amide bonds. The summed E-state index contributed by atoms with van der Waals surface area (Å²) in [5, 5.41) is 10.6. The van der Waals surface area contributed by atoms with Crippen LogP contribution in [0.3, 0.4) is 0 Å². The topological polar surface area (TPSA) is 237 Å². The van der Waals surface area contributed by atoms with E-state index in [2.05, 4.69) is 72.8 Å². The number of hydrogen-bond acceptors (Lipinski definition) is 15. The molecular weight excluding hydrogens is 1290 g/mol. The van der Waals surface area contributed by atoms with Crippen LogP contribution >= 0.6 is 15.6 Å². The number of aliphatic hydroxyl groups is 1. The molecule has 0 aliphatic rings. The van der Waals surface area contributed by atoms with E-state index < -0.39 is 97.5 Å². The number of carbonyl (C=O) groups excluding carboxylic acids is 4. The Bertz CT molecular complexity index is 2020. The van der Waals surface area contributed by atoms with Crippen LogP contribution in [-0.4, -0.2) is 96.7 Å². The first-order chi connectivity index (χ1) is 47.8. The molecule has 0 fully saturated rings. The summed E-state index contributed by atoms with van der Waals surface area (Å²) < 4.78 is 68.5. The van der Waals surface area contributed by atoms with Crippen molar-refractivity contribution in [3.63, 3.8) is 0 Å². The molecule has 19 heteroatoms. The van der Waals surface area contributed by atoms with Crippen LogP contribution in [0.2, 0.25) is 0 Å². The van der Waals surface area contributed by atoms with Crippen LogP contribution in [-0.2, 0) is 65.4 Å². The van der Waals surface area contributed by atoms with Crippen molar-refractivity contribution < 1.29 is 80.2 Å². The lowest BCUT2D eigenvalue weighted by molar-refractivity contribution is -0.161. The molecule has 99 heavy (non-hydrogen) atoms. The zero-order valence-electron chi connectivity index (χ0n) is 64.4. The van der Waals surface area contributed by atoms with E-state index >= 15 is 0 Å². The molecule has 0 radical (unpaired) electrons. The summed E-state index contributed by atoms with van der Waals surface area (Å²) in [7, 11) is -9.93. The Labute approximate surface area is 605 Å².